The summed E-state index contributed by atoms with van der Waals surface area (Å²) in [7, 11) is 1.86. The summed E-state index contributed by atoms with van der Waals surface area (Å²) in [5, 5.41) is 3.05. The molecular formula is C12H25FN2. The second kappa shape index (κ2) is 6.44. The zero-order valence-corrected chi connectivity index (χ0v) is 10.3. The Labute approximate surface area is 93.2 Å². The molecule has 1 saturated heterocycles. The van der Waals surface area contributed by atoms with Crippen LogP contribution in [0.15, 0.2) is 0 Å². The van der Waals surface area contributed by atoms with Crippen molar-refractivity contribution in [1.29, 1.82) is 0 Å². The smallest absolute Gasteiger partial charge is 0.128 e. The van der Waals surface area contributed by atoms with Gasteiger partial charge in [-0.15, -0.1) is 0 Å². The van der Waals surface area contributed by atoms with Crippen molar-refractivity contribution in [3.05, 3.63) is 0 Å². The number of piperidine rings is 1. The second-order valence-electron chi connectivity index (χ2n) is 4.28. The second-order valence-corrected chi connectivity index (χ2v) is 4.28. The van der Waals surface area contributed by atoms with Crippen LogP contribution in [0.25, 0.3) is 0 Å². The van der Waals surface area contributed by atoms with Crippen LogP contribution >= 0.6 is 0 Å². The molecule has 0 amide bonds. The Bertz CT molecular complexity index is 171. The third kappa shape index (κ3) is 3.15. The van der Waals surface area contributed by atoms with Crippen LogP contribution in [0.2, 0.25) is 0 Å². The van der Waals surface area contributed by atoms with Gasteiger partial charge in [-0.05, 0) is 26.3 Å². The average molecular weight is 216 g/mol. The van der Waals surface area contributed by atoms with Gasteiger partial charge in [-0.1, -0.05) is 20.3 Å². The molecule has 0 aromatic carbocycles. The summed E-state index contributed by atoms with van der Waals surface area (Å²) in [5.41, 5.74) is 0. The van der Waals surface area contributed by atoms with Gasteiger partial charge in [0.05, 0.1) is 0 Å². The van der Waals surface area contributed by atoms with Crippen molar-refractivity contribution < 1.29 is 4.39 Å². The first-order chi connectivity index (χ1) is 7.31. The first-order valence-corrected chi connectivity index (χ1v) is 6.36. The molecular weight excluding hydrogens is 191 g/mol. The van der Waals surface area contributed by atoms with E-state index in [0.29, 0.717) is 12.6 Å². The number of rotatable bonds is 2. The van der Waals surface area contributed by atoms with E-state index in [-0.39, 0.29) is 6.04 Å². The lowest BCUT2D eigenvalue weighted by Crippen LogP contribution is -2.54. The summed E-state index contributed by atoms with van der Waals surface area (Å²) in [6.45, 7) is 5.73. The summed E-state index contributed by atoms with van der Waals surface area (Å²) in [6, 6.07) is 0.799. The van der Waals surface area contributed by atoms with Crippen molar-refractivity contribution >= 4 is 0 Å². The molecule has 1 N–H and O–H groups in total. The van der Waals surface area contributed by atoms with Crippen molar-refractivity contribution in [1.82, 2.24) is 10.2 Å². The zero-order chi connectivity index (χ0) is 11.3. The largest absolute Gasteiger partial charge is 0.314 e. The molecule has 0 aromatic heterocycles. The minimum Gasteiger partial charge on any atom is -0.314 e. The molecule has 0 aromatic rings. The molecule has 15 heavy (non-hydrogen) atoms. The predicted octanol–water partition coefficient (Wildman–Crippen LogP) is 2.20. The summed E-state index contributed by atoms with van der Waals surface area (Å²) >= 11 is 0. The molecule has 0 radical (unpaired) electrons. The standard InChI is InChI=1S/C10H19FN2.C2H6/c1-12-10-5-6-13(7-9(10)11)8-3-2-4-8;1-2/h8-10,12H,2-7H2,1H3;1-2H3. The summed E-state index contributed by atoms with van der Waals surface area (Å²) in [6.07, 6.45) is 4.22. The number of hydrogen-bond acceptors (Lipinski definition) is 2. The molecule has 1 saturated carbocycles. The Kier molecular flexibility index (Phi) is 5.54. The molecule has 0 spiro atoms. The van der Waals surface area contributed by atoms with E-state index >= 15 is 0 Å². The van der Waals surface area contributed by atoms with Crippen LogP contribution in [-0.2, 0) is 0 Å². The topological polar surface area (TPSA) is 15.3 Å². The van der Waals surface area contributed by atoms with E-state index in [1.165, 1.54) is 19.3 Å². The van der Waals surface area contributed by atoms with Gasteiger partial charge in [0.15, 0.2) is 0 Å². The van der Waals surface area contributed by atoms with Crippen LogP contribution in [-0.4, -0.2) is 43.3 Å². The first-order valence-electron chi connectivity index (χ1n) is 6.36. The van der Waals surface area contributed by atoms with Gasteiger partial charge >= 0.3 is 0 Å². The normalized spacial score (nSPS) is 32.8. The fourth-order valence-electron chi connectivity index (χ4n) is 2.34. The van der Waals surface area contributed by atoms with Gasteiger partial charge in [0, 0.05) is 25.2 Å². The van der Waals surface area contributed by atoms with Crippen LogP contribution < -0.4 is 5.32 Å². The number of nitrogens with zero attached hydrogens (tertiary/aromatic N) is 1. The van der Waals surface area contributed by atoms with Gasteiger partial charge < -0.3 is 5.32 Å². The van der Waals surface area contributed by atoms with Gasteiger partial charge in [0.2, 0.25) is 0 Å². The Balaban J connectivity index is 0.000000531. The molecule has 2 rings (SSSR count). The SMILES string of the molecule is CC.CNC1CCN(C2CCC2)CC1F. The van der Waals surface area contributed by atoms with Crippen molar-refractivity contribution in [3.8, 4) is 0 Å². The van der Waals surface area contributed by atoms with Gasteiger partial charge in [0.1, 0.15) is 6.17 Å². The van der Waals surface area contributed by atoms with E-state index in [2.05, 4.69) is 10.2 Å². The average Bonchev–Trinajstić information content (AvgIpc) is 2.19. The van der Waals surface area contributed by atoms with Crippen LogP contribution in [0.5, 0.6) is 0 Å². The maximum atomic E-state index is 13.5. The predicted molar refractivity (Wildman–Crippen MR) is 62.9 cm³/mol. The van der Waals surface area contributed by atoms with E-state index in [0.717, 1.165) is 13.0 Å². The molecule has 0 bridgehead atoms. The van der Waals surface area contributed by atoms with Gasteiger partial charge in [-0.3, -0.25) is 4.90 Å². The fraction of sp³-hybridized carbons (Fsp3) is 1.00. The van der Waals surface area contributed by atoms with Crippen molar-refractivity contribution in [2.75, 3.05) is 20.1 Å². The molecule has 2 unspecified atom stereocenters. The molecule has 1 aliphatic heterocycles. The highest BCUT2D eigenvalue weighted by Crippen LogP contribution is 2.28. The van der Waals surface area contributed by atoms with Gasteiger partial charge in [0.25, 0.3) is 0 Å². The highest BCUT2D eigenvalue weighted by molar-refractivity contribution is 4.89. The van der Waals surface area contributed by atoms with Gasteiger partial charge in [-0.25, -0.2) is 4.39 Å². The van der Waals surface area contributed by atoms with Crippen molar-refractivity contribution in [2.24, 2.45) is 0 Å². The highest BCUT2D eigenvalue weighted by atomic mass is 19.1. The molecule has 1 heterocycles. The number of alkyl halides is 1. The third-order valence-electron chi connectivity index (χ3n) is 3.53. The molecule has 90 valence electrons. The zero-order valence-electron chi connectivity index (χ0n) is 10.3. The first kappa shape index (κ1) is 12.9. The number of hydrogen-bond donors (Lipinski definition) is 1. The van der Waals surface area contributed by atoms with Crippen LogP contribution in [0.3, 0.4) is 0 Å². The molecule has 2 atom stereocenters. The Morgan fingerprint density at radius 1 is 1.20 bits per heavy atom. The maximum Gasteiger partial charge on any atom is 0.128 e. The summed E-state index contributed by atoms with van der Waals surface area (Å²) in [5.74, 6) is 0. The van der Waals surface area contributed by atoms with Gasteiger partial charge in [-0.2, -0.15) is 0 Å². The Hall–Kier alpha value is -0.150. The number of nitrogens with one attached hydrogen (secondary N) is 1. The Morgan fingerprint density at radius 2 is 1.87 bits per heavy atom. The van der Waals surface area contributed by atoms with E-state index in [4.69, 9.17) is 0 Å². The molecule has 2 fully saturated rings. The van der Waals surface area contributed by atoms with Crippen LogP contribution in [0.1, 0.15) is 39.5 Å². The van der Waals surface area contributed by atoms with Crippen molar-refractivity contribution in [3.63, 3.8) is 0 Å². The molecule has 2 aliphatic rings. The number of likely N-dealkylation sites (tertiary alicyclic amines) is 1. The van der Waals surface area contributed by atoms with Crippen LogP contribution in [0.4, 0.5) is 4.39 Å². The maximum absolute atomic E-state index is 13.5. The summed E-state index contributed by atoms with van der Waals surface area (Å²) < 4.78 is 13.5. The Morgan fingerprint density at radius 3 is 2.27 bits per heavy atom. The van der Waals surface area contributed by atoms with Crippen molar-refractivity contribution in [2.45, 2.75) is 57.8 Å². The summed E-state index contributed by atoms with van der Waals surface area (Å²) in [4.78, 5) is 2.34. The monoisotopic (exact) mass is 216 g/mol. The molecule has 2 nitrogen and oxygen atoms in total. The van der Waals surface area contributed by atoms with E-state index < -0.39 is 6.17 Å². The molecule has 3 heteroatoms. The minimum atomic E-state index is -0.667. The van der Waals surface area contributed by atoms with E-state index in [1.807, 2.05) is 20.9 Å². The lowest BCUT2D eigenvalue weighted by Gasteiger charge is -2.43. The lowest BCUT2D eigenvalue weighted by atomic mass is 9.89. The minimum absolute atomic E-state index is 0.0938. The highest BCUT2D eigenvalue weighted by Gasteiger charge is 2.33. The van der Waals surface area contributed by atoms with E-state index in [9.17, 15) is 4.39 Å². The fourth-order valence-corrected chi connectivity index (χ4v) is 2.34. The lowest BCUT2D eigenvalue weighted by molar-refractivity contribution is 0.0445. The van der Waals surface area contributed by atoms with Crippen LogP contribution in [0, 0.1) is 0 Å². The number of halogens is 1. The third-order valence-corrected chi connectivity index (χ3v) is 3.53. The quantitative estimate of drug-likeness (QED) is 0.761. The van der Waals surface area contributed by atoms with E-state index in [1.54, 1.807) is 0 Å². The molecule has 1 aliphatic carbocycles.